The van der Waals surface area contributed by atoms with Crippen molar-refractivity contribution in [3.8, 4) is 0 Å². The number of thioether (sulfide) groups is 1. The van der Waals surface area contributed by atoms with E-state index < -0.39 is 0 Å². The van der Waals surface area contributed by atoms with Crippen molar-refractivity contribution in [3.63, 3.8) is 0 Å². The Balaban J connectivity index is 2.39. The molecule has 2 rings (SSSR count). The molecule has 1 aromatic rings. The van der Waals surface area contributed by atoms with Crippen LogP contribution in [0.25, 0.3) is 0 Å². The molecule has 0 atom stereocenters. The van der Waals surface area contributed by atoms with Crippen LogP contribution in [-0.4, -0.2) is 5.75 Å². The monoisotopic (exact) mass is 156 g/mol. The van der Waals surface area contributed by atoms with Gasteiger partial charge in [-0.3, -0.25) is 0 Å². The summed E-state index contributed by atoms with van der Waals surface area (Å²) in [5.74, 6) is 1.32. The van der Waals surface area contributed by atoms with Gasteiger partial charge in [-0.25, -0.2) is 0 Å². The molecule has 1 aliphatic rings. The van der Waals surface area contributed by atoms with Crippen molar-refractivity contribution in [2.75, 3.05) is 5.75 Å². The second-order valence-corrected chi connectivity index (χ2v) is 4.30. The summed E-state index contributed by atoms with van der Waals surface area (Å²) in [6.45, 7) is 0. The molecule has 0 amide bonds. The molecule has 0 spiro atoms. The van der Waals surface area contributed by atoms with Gasteiger partial charge in [0.2, 0.25) is 0 Å². The van der Waals surface area contributed by atoms with E-state index in [-0.39, 0.29) is 0 Å². The molecule has 0 bridgehead atoms. The van der Waals surface area contributed by atoms with E-state index >= 15 is 0 Å². The summed E-state index contributed by atoms with van der Waals surface area (Å²) in [6.07, 6.45) is 2.69. The first-order valence-electron chi connectivity index (χ1n) is 3.16. The van der Waals surface area contributed by atoms with Crippen LogP contribution in [0.3, 0.4) is 0 Å². The molecule has 0 fully saturated rings. The SMILES string of the molecule is c1cc2c(s1)CCCS2. The zero-order valence-electron chi connectivity index (χ0n) is 5.09. The summed E-state index contributed by atoms with van der Waals surface area (Å²) in [5, 5.41) is 2.20. The summed E-state index contributed by atoms with van der Waals surface area (Å²) < 4.78 is 0. The Hall–Kier alpha value is 0.0500. The Morgan fingerprint density at radius 1 is 1.44 bits per heavy atom. The van der Waals surface area contributed by atoms with Gasteiger partial charge in [-0.2, -0.15) is 0 Å². The van der Waals surface area contributed by atoms with Crippen molar-refractivity contribution in [1.82, 2.24) is 0 Å². The zero-order valence-corrected chi connectivity index (χ0v) is 6.73. The van der Waals surface area contributed by atoms with Gasteiger partial charge >= 0.3 is 0 Å². The van der Waals surface area contributed by atoms with Crippen molar-refractivity contribution in [3.05, 3.63) is 16.3 Å². The van der Waals surface area contributed by atoms with Crippen molar-refractivity contribution >= 4 is 23.1 Å². The topological polar surface area (TPSA) is 0 Å². The molecule has 0 nitrogen and oxygen atoms in total. The average molecular weight is 156 g/mol. The first kappa shape index (κ1) is 5.81. The molecule has 0 saturated heterocycles. The molecule has 0 aliphatic carbocycles. The summed E-state index contributed by atoms with van der Waals surface area (Å²) in [6, 6.07) is 2.24. The van der Waals surface area contributed by atoms with Gasteiger partial charge in [-0.1, -0.05) is 0 Å². The highest BCUT2D eigenvalue weighted by Crippen LogP contribution is 2.33. The van der Waals surface area contributed by atoms with Crippen LogP contribution in [0, 0.1) is 0 Å². The minimum atomic E-state index is 1.32. The fourth-order valence-electron chi connectivity index (χ4n) is 1.05. The molecule has 1 aliphatic heterocycles. The van der Waals surface area contributed by atoms with E-state index in [0.29, 0.717) is 0 Å². The Kier molecular flexibility index (Phi) is 1.52. The van der Waals surface area contributed by atoms with Crippen molar-refractivity contribution < 1.29 is 0 Å². The average Bonchev–Trinajstić information content (AvgIpc) is 2.33. The van der Waals surface area contributed by atoms with Crippen LogP contribution in [0.15, 0.2) is 16.3 Å². The quantitative estimate of drug-likeness (QED) is 0.556. The van der Waals surface area contributed by atoms with Gasteiger partial charge in [-0.05, 0) is 30.0 Å². The second-order valence-electron chi connectivity index (χ2n) is 2.16. The maximum Gasteiger partial charge on any atom is 0.0211 e. The largest absolute Gasteiger partial charge is 0.148 e. The predicted octanol–water partition coefficient (Wildman–Crippen LogP) is 2.79. The molecule has 1 aromatic heterocycles. The summed E-state index contributed by atoms with van der Waals surface area (Å²) in [4.78, 5) is 3.14. The molecule has 0 saturated carbocycles. The number of rotatable bonds is 0. The van der Waals surface area contributed by atoms with Gasteiger partial charge in [0, 0.05) is 9.77 Å². The molecule has 0 N–H and O–H groups in total. The standard InChI is InChI=1S/C7H8S2/c1-2-6-7(8-4-1)3-5-9-6/h3,5H,1-2,4H2. The van der Waals surface area contributed by atoms with Crippen LogP contribution >= 0.6 is 23.1 Å². The molecule has 0 unspecified atom stereocenters. The number of aryl methyl sites for hydroxylation is 1. The zero-order chi connectivity index (χ0) is 6.10. The molecular weight excluding hydrogens is 148 g/mol. The van der Waals surface area contributed by atoms with Gasteiger partial charge in [0.05, 0.1) is 0 Å². The molecule has 2 heterocycles. The molecule has 0 aromatic carbocycles. The van der Waals surface area contributed by atoms with Gasteiger partial charge in [0.15, 0.2) is 0 Å². The number of thiophene rings is 1. The van der Waals surface area contributed by atoms with Crippen LogP contribution in [0.1, 0.15) is 11.3 Å². The van der Waals surface area contributed by atoms with Crippen LogP contribution in [0.2, 0.25) is 0 Å². The molecule has 9 heavy (non-hydrogen) atoms. The Labute approximate surface area is 63.3 Å². The minimum absolute atomic E-state index is 1.32. The molecule has 0 radical (unpaired) electrons. The van der Waals surface area contributed by atoms with E-state index in [2.05, 4.69) is 11.4 Å². The van der Waals surface area contributed by atoms with Gasteiger partial charge in [0.1, 0.15) is 0 Å². The second kappa shape index (κ2) is 2.35. The van der Waals surface area contributed by atoms with E-state index in [1.54, 1.807) is 4.88 Å². The Morgan fingerprint density at radius 3 is 3.33 bits per heavy atom. The van der Waals surface area contributed by atoms with E-state index in [9.17, 15) is 0 Å². The minimum Gasteiger partial charge on any atom is -0.148 e. The normalized spacial score (nSPS) is 17.3. The fraction of sp³-hybridized carbons (Fsp3) is 0.429. The Morgan fingerprint density at radius 2 is 2.44 bits per heavy atom. The van der Waals surface area contributed by atoms with E-state index in [1.165, 1.54) is 23.5 Å². The van der Waals surface area contributed by atoms with Gasteiger partial charge in [0.25, 0.3) is 0 Å². The highest BCUT2D eigenvalue weighted by atomic mass is 32.2. The highest BCUT2D eigenvalue weighted by molar-refractivity contribution is 7.99. The number of hydrogen-bond acceptors (Lipinski definition) is 2. The number of fused-ring (bicyclic) bond motifs is 1. The summed E-state index contributed by atoms with van der Waals surface area (Å²) in [5.41, 5.74) is 0. The van der Waals surface area contributed by atoms with Crippen molar-refractivity contribution in [2.45, 2.75) is 17.7 Å². The molecular formula is C7H8S2. The lowest BCUT2D eigenvalue weighted by Crippen LogP contribution is -1.92. The van der Waals surface area contributed by atoms with Crippen molar-refractivity contribution in [1.29, 1.82) is 0 Å². The highest BCUT2D eigenvalue weighted by Gasteiger charge is 2.08. The third kappa shape index (κ3) is 1.01. The van der Waals surface area contributed by atoms with Crippen LogP contribution in [0.4, 0.5) is 0 Å². The lowest BCUT2D eigenvalue weighted by Gasteiger charge is -2.08. The fourth-order valence-corrected chi connectivity index (χ4v) is 3.21. The van der Waals surface area contributed by atoms with Crippen LogP contribution in [-0.2, 0) is 6.42 Å². The maximum atomic E-state index is 2.24. The molecule has 48 valence electrons. The molecule has 2 heteroatoms. The first-order valence-corrected chi connectivity index (χ1v) is 5.02. The summed E-state index contributed by atoms with van der Waals surface area (Å²) >= 11 is 3.91. The van der Waals surface area contributed by atoms with Crippen LogP contribution in [0.5, 0.6) is 0 Å². The predicted molar refractivity (Wildman–Crippen MR) is 43.4 cm³/mol. The van der Waals surface area contributed by atoms with Crippen LogP contribution < -0.4 is 0 Å². The third-order valence-electron chi connectivity index (χ3n) is 1.51. The Bertz CT molecular complexity index is 182. The third-order valence-corrected chi connectivity index (χ3v) is 3.81. The smallest absolute Gasteiger partial charge is 0.0211 e. The van der Waals surface area contributed by atoms with E-state index in [1.807, 2.05) is 23.1 Å². The van der Waals surface area contributed by atoms with E-state index in [0.717, 1.165) is 0 Å². The summed E-state index contributed by atoms with van der Waals surface area (Å²) in [7, 11) is 0. The first-order chi connectivity index (χ1) is 4.47. The maximum absolute atomic E-state index is 2.24. The van der Waals surface area contributed by atoms with Gasteiger partial charge in [-0.15, -0.1) is 23.1 Å². The lowest BCUT2D eigenvalue weighted by atomic mass is 10.3. The number of hydrogen-bond donors (Lipinski definition) is 0. The van der Waals surface area contributed by atoms with Crippen molar-refractivity contribution in [2.24, 2.45) is 0 Å². The van der Waals surface area contributed by atoms with Gasteiger partial charge < -0.3 is 0 Å². The lowest BCUT2D eigenvalue weighted by molar-refractivity contribution is 0.915. The van der Waals surface area contributed by atoms with E-state index in [4.69, 9.17) is 0 Å².